The van der Waals surface area contributed by atoms with Crippen LogP contribution in [0.15, 0.2) is 33.5 Å². The lowest BCUT2D eigenvalue weighted by Gasteiger charge is -2.12. The second kappa shape index (κ2) is 6.83. The summed E-state index contributed by atoms with van der Waals surface area (Å²) in [6, 6.07) is 5.39. The maximum Gasteiger partial charge on any atom is 0.266 e. The Labute approximate surface area is 148 Å². The van der Waals surface area contributed by atoms with Crippen LogP contribution in [-0.4, -0.2) is 15.0 Å². The molecule has 2 aromatic heterocycles. The maximum atomic E-state index is 14.1. The first-order chi connectivity index (χ1) is 11.9. The number of benzene rings is 1. The minimum absolute atomic E-state index is 0.0469. The lowest BCUT2D eigenvalue weighted by molar-refractivity contribution is 0.146. The molecule has 0 unspecified atom stereocenters. The van der Waals surface area contributed by atoms with Crippen LogP contribution in [0.5, 0.6) is 0 Å². The molecule has 0 fully saturated rings. The molecule has 1 aromatic carbocycles. The van der Waals surface area contributed by atoms with Crippen LogP contribution in [0, 0.1) is 12.7 Å². The van der Waals surface area contributed by atoms with Gasteiger partial charge in [0.1, 0.15) is 23.1 Å². The molecule has 5 nitrogen and oxygen atoms in total. The summed E-state index contributed by atoms with van der Waals surface area (Å²) in [4.78, 5) is 22.7. The van der Waals surface area contributed by atoms with E-state index in [2.05, 4.69) is 36.2 Å². The Balaban J connectivity index is 1.98. The molecule has 3 aromatic rings. The number of anilines is 1. The summed E-state index contributed by atoms with van der Waals surface area (Å²) < 4.78 is 40.0. The first-order valence-electron chi connectivity index (χ1n) is 7.23. The molecule has 0 bridgehead atoms. The third-order valence-electron chi connectivity index (χ3n) is 3.57. The van der Waals surface area contributed by atoms with Gasteiger partial charge < -0.3 is 10.3 Å². The lowest BCUT2D eigenvalue weighted by atomic mass is 10.1. The second-order valence-electron chi connectivity index (χ2n) is 5.30. The number of nitrogens with zero attached hydrogens (tertiary/aromatic N) is 2. The van der Waals surface area contributed by atoms with Crippen molar-refractivity contribution in [1.29, 1.82) is 0 Å². The molecule has 25 heavy (non-hydrogen) atoms. The molecule has 0 saturated heterocycles. The van der Waals surface area contributed by atoms with Gasteiger partial charge in [-0.3, -0.25) is 4.79 Å². The summed E-state index contributed by atoms with van der Waals surface area (Å²) in [6.07, 6.45) is -2.89. The Morgan fingerprint density at radius 2 is 2.08 bits per heavy atom. The number of pyridine rings is 1. The highest BCUT2D eigenvalue weighted by Gasteiger charge is 2.16. The van der Waals surface area contributed by atoms with Gasteiger partial charge in [0.05, 0.1) is 15.4 Å². The monoisotopic (exact) mass is 412 g/mol. The van der Waals surface area contributed by atoms with Gasteiger partial charge in [0.15, 0.2) is 0 Å². The number of halogens is 4. The predicted molar refractivity (Wildman–Crippen MR) is 91.3 cm³/mol. The van der Waals surface area contributed by atoms with Gasteiger partial charge in [0.25, 0.3) is 12.0 Å². The van der Waals surface area contributed by atoms with Gasteiger partial charge in [-0.1, -0.05) is 18.2 Å². The number of fused-ring (bicyclic) bond motifs is 1. The second-order valence-corrected chi connectivity index (χ2v) is 6.16. The average Bonchev–Trinajstić information content (AvgIpc) is 2.55. The maximum absolute atomic E-state index is 14.1. The number of aromatic nitrogens is 3. The molecule has 0 radical (unpaired) electrons. The van der Waals surface area contributed by atoms with Crippen LogP contribution >= 0.6 is 15.9 Å². The summed E-state index contributed by atoms with van der Waals surface area (Å²) in [5.41, 5.74) is -0.571. The highest BCUT2D eigenvalue weighted by molar-refractivity contribution is 9.10. The van der Waals surface area contributed by atoms with Crippen molar-refractivity contribution >= 4 is 32.8 Å². The normalized spacial score (nSPS) is 11.3. The Hall–Kier alpha value is -2.42. The van der Waals surface area contributed by atoms with Crippen molar-refractivity contribution < 1.29 is 13.2 Å². The number of aromatic amines is 1. The van der Waals surface area contributed by atoms with Crippen molar-refractivity contribution in [3.63, 3.8) is 0 Å². The molecule has 130 valence electrons. The van der Waals surface area contributed by atoms with Crippen molar-refractivity contribution in [2.24, 2.45) is 0 Å². The predicted octanol–water partition coefficient (Wildman–Crippen LogP) is 4.08. The molecule has 2 N–H and O–H groups in total. The van der Waals surface area contributed by atoms with E-state index < -0.39 is 17.8 Å². The van der Waals surface area contributed by atoms with Crippen molar-refractivity contribution in [3.05, 3.63) is 61.9 Å². The van der Waals surface area contributed by atoms with Crippen LogP contribution in [0.4, 0.5) is 19.0 Å². The zero-order valence-electron chi connectivity index (χ0n) is 12.9. The van der Waals surface area contributed by atoms with E-state index in [0.717, 1.165) is 6.07 Å². The molecule has 0 aliphatic carbocycles. The van der Waals surface area contributed by atoms with E-state index >= 15 is 0 Å². The van der Waals surface area contributed by atoms with E-state index in [1.165, 1.54) is 12.1 Å². The van der Waals surface area contributed by atoms with E-state index in [-0.39, 0.29) is 17.7 Å². The van der Waals surface area contributed by atoms with E-state index in [9.17, 15) is 18.0 Å². The number of rotatable bonds is 4. The van der Waals surface area contributed by atoms with Crippen LogP contribution in [0.1, 0.15) is 23.4 Å². The average molecular weight is 413 g/mol. The summed E-state index contributed by atoms with van der Waals surface area (Å²) in [7, 11) is 0. The molecule has 9 heteroatoms. The molecule has 0 saturated carbocycles. The first-order valence-corrected chi connectivity index (χ1v) is 8.02. The number of hydrogen-bond acceptors (Lipinski definition) is 4. The fourth-order valence-electron chi connectivity index (χ4n) is 2.39. The van der Waals surface area contributed by atoms with Gasteiger partial charge in [-0.25, -0.2) is 23.1 Å². The molecule has 0 amide bonds. The summed E-state index contributed by atoms with van der Waals surface area (Å²) >= 11 is 3.13. The SMILES string of the molecule is Cc1nc(NCc2cccc(C(F)F)c2F)c2cc(Br)c(=O)[nH]c2n1. The highest BCUT2D eigenvalue weighted by atomic mass is 79.9. The van der Waals surface area contributed by atoms with Gasteiger partial charge in [-0.15, -0.1) is 0 Å². The number of hydrogen-bond donors (Lipinski definition) is 2. The van der Waals surface area contributed by atoms with Gasteiger partial charge in [0, 0.05) is 12.1 Å². The quantitative estimate of drug-likeness (QED) is 0.677. The Morgan fingerprint density at radius 3 is 2.80 bits per heavy atom. The Bertz CT molecular complexity index is 1010. The van der Waals surface area contributed by atoms with Crippen molar-refractivity contribution in [2.75, 3.05) is 5.32 Å². The van der Waals surface area contributed by atoms with E-state index in [0.29, 0.717) is 27.1 Å². The summed E-state index contributed by atoms with van der Waals surface area (Å²) in [5, 5.41) is 3.44. The molecule has 3 rings (SSSR count). The minimum Gasteiger partial charge on any atom is -0.365 e. The Morgan fingerprint density at radius 1 is 1.32 bits per heavy atom. The van der Waals surface area contributed by atoms with Crippen molar-refractivity contribution in [3.8, 4) is 0 Å². The van der Waals surface area contributed by atoms with Crippen LogP contribution in [-0.2, 0) is 6.54 Å². The van der Waals surface area contributed by atoms with Gasteiger partial charge >= 0.3 is 0 Å². The van der Waals surface area contributed by atoms with Crippen LogP contribution in [0.3, 0.4) is 0 Å². The largest absolute Gasteiger partial charge is 0.365 e. The van der Waals surface area contributed by atoms with Crippen molar-refractivity contribution in [1.82, 2.24) is 15.0 Å². The zero-order valence-corrected chi connectivity index (χ0v) is 14.5. The number of aryl methyl sites for hydroxylation is 1. The molecular weight excluding hydrogens is 401 g/mol. The molecule has 2 heterocycles. The fourth-order valence-corrected chi connectivity index (χ4v) is 2.72. The smallest absolute Gasteiger partial charge is 0.266 e. The number of alkyl halides is 2. The highest BCUT2D eigenvalue weighted by Crippen LogP contribution is 2.25. The Kier molecular flexibility index (Phi) is 4.76. The van der Waals surface area contributed by atoms with Crippen LogP contribution < -0.4 is 10.9 Å². The topological polar surface area (TPSA) is 70.7 Å². The van der Waals surface area contributed by atoms with Gasteiger partial charge in [0.2, 0.25) is 0 Å². The van der Waals surface area contributed by atoms with E-state index in [1.807, 2.05) is 0 Å². The zero-order chi connectivity index (χ0) is 18.1. The van der Waals surface area contributed by atoms with E-state index in [1.54, 1.807) is 13.0 Å². The third kappa shape index (κ3) is 3.51. The third-order valence-corrected chi connectivity index (χ3v) is 4.16. The molecule has 0 aliphatic rings. The van der Waals surface area contributed by atoms with Crippen LogP contribution in [0.2, 0.25) is 0 Å². The summed E-state index contributed by atoms with van der Waals surface area (Å²) in [6.45, 7) is 1.59. The number of nitrogens with one attached hydrogen (secondary N) is 2. The fraction of sp³-hybridized carbons (Fsp3) is 0.188. The van der Waals surface area contributed by atoms with Crippen LogP contribution in [0.25, 0.3) is 11.0 Å². The number of H-pyrrole nitrogens is 1. The van der Waals surface area contributed by atoms with Gasteiger partial charge in [-0.05, 0) is 28.9 Å². The first kappa shape index (κ1) is 17.4. The minimum atomic E-state index is -2.89. The molecule has 0 atom stereocenters. The van der Waals surface area contributed by atoms with Gasteiger partial charge in [-0.2, -0.15) is 0 Å². The molecular formula is C16H12BrF3N4O. The summed E-state index contributed by atoms with van der Waals surface area (Å²) in [5.74, 6) is -0.189. The van der Waals surface area contributed by atoms with E-state index in [4.69, 9.17) is 0 Å². The molecule has 0 aliphatic heterocycles. The standard InChI is InChI=1S/C16H12BrF3N4O/c1-7-22-14(10-5-11(17)16(25)24-15(10)23-7)21-6-8-3-2-4-9(12(8)18)13(19)20/h2-5,13H,6H2,1H3,(H2,21,22,23,24,25). The molecule has 0 spiro atoms. The van der Waals surface area contributed by atoms with Crippen molar-refractivity contribution in [2.45, 2.75) is 19.9 Å². The lowest BCUT2D eigenvalue weighted by Crippen LogP contribution is -2.11.